The van der Waals surface area contributed by atoms with Crippen molar-refractivity contribution in [2.24, 2.45) is 7.05 Å². The number of ether oxygens (including phenoxy) is 1. The number of aromatic nitrogens is 4. The number of anilines is 2. The SMILES string of the molecule is C[C@@H](OC(=O)Nc1c(-c2ccc3c(c2F)CCC(=O)N3)nnn1C)c1cccnc1Cl. The lowest BCUT2D eigenvalue weighted by molar-refractivity contribution is -0.116. The molecule has 160 valence electrons. The minimum Gasteiger partial charge on any atom is -0.441 e. The maximum absolute atomic E-state index is 15.2. The number of carbonyl (C=O) groups is 2. The molecule has 1 aliphatic rings. The summed E-state index contributed by atoms with van der Waals surface area (Å²) in [6.45, 7) is 1.66. The molecule has 0 bridgehead atoms. The van der Waals surface area contributed by atoms with Gasteiger partial charge in [0.2, 0.25) is 5.91 Å². The molecule has 3 heterocycles. The summed E-state index contributed by atoms with van der Waals surface area (Å²) in [4.78, 5) is 28.0. The van der Waals surface area contributed by atoms with Gasteiger partial charge in [-0.25, -0.2) is 18.9 Å². The van der Waals surface area contributed by atoms with E-state index in [0.29, 0.717) is 16.8 Å². The minimum absolute atomic E-state index is 0.142. The molecular weight excluding hydrogens is 427 g/mol. The van der Waals surface area contributed by atoms with E-state index in [1.54, 1.807) is 32.2 Å². The number of hydrogen-bond acceptors (Lipinski definition) is 6. The number of benzene rings is 1. The summed E-state index contributed by atoms with van der Waals surface area (Å²) >= 11 is 6.05. The quantitative estimate of drug-likeness (QED) is 0.591. The van der Waals surface area contributed by atoms with Crippen LogP contribution in [0.2, 0.25) is 5.15 Å². The van der Waals surface area contributed by atoms with Gasteiger partial charge in [-0.15, -0.1) is 5.10 Å². The van der Waals surface area contributed by atoms with Crippen LogP contribution in [0.5, 0.6) is 0 Å². The molecule has 2 N–H and O–H groups in total. The van der Waals surface area contributed by atoms with Crippen LogP contribution in [0.4, 0.5) is 20.7 Å². The predicted octanol–water partition coefficient (Wildman–Crippen LogP) is 3.86. The Labute approximate surface area is 181 Å². The van der Waals surface area contributed by atoms with E-state index in [1.165, 1.54) is 16.9 Å². The zero-order valence-corrected chi connectivity index (χ0v) is 17.4. The number of rotatable bonds is 4. The van der Waals surface area contributed by atoms with Gasteiger partial charge in [0.25, 0.3) is 0 Å². The van der Waals surface area contributed by atoms with Crippen LogP contribution < -0.4 is 10.6 Å². The lowest BCUT2D eigenvalue weighted by atomic mass is 9.98. The van der Waals surface area contributed by atoms with Gasteiger partial charge in [-0.05, 0) is 31.5 Å². The second kappa shape index (κ2) is 8.31. The first kappa shape index (κ1) is 20.7. The van der Waals surface area contributed by atoms with Crippen LogP contribution in [0.1, 0.15) is 30.6 Å². The molecule has 0 spiro atoms. The van der Waals surface area contributed by atoms with Crippen LogP contribution in [0.25, 0.3) is 11.3 Å². The van der Waals surface area contributed by atoms with Gasteiger partial charge in [0.1, 0.15) is 22.8 Å². The topological polar surface area (TPSA) is 111 Å². The predicted molar refractivity (Wildman–Crippen MR) is 111 cm³/mol. The molecule has 0 aliphatic carbocycles. The van der Waals surface area contributed by atoms with Crippen LogP contribution in [0.15, 0.2) is 30.5 Å². The Morgan fingerprint density at radius 2 is 2.16 bits per heavy atom. The molecule has 11 heteroatoms. The molecule has 31 heavy (non-hydrogen) atoms. The number of nitrogens with zero attached hydrogens (tertiary/aromatic N) is 4. The Balaban J connectivity index is 1.58. The van der Waals surface area contributed by atoms with Gasteiger partial charge in [-0.1, -0.05) is 22.9 Å². The molecule has 1 atom stereocenters. The fourth-order valence-electron chi connectivity index (χ4n) is 3.35. The van der Waals surface area contributed by atoms with E-state index in [9.17, 15) is 9.59 Å². The van der Waals surface area contributed by atoms with Crippen molar-refractivity contribution < 1.29 is 18.7 Å². The Morgan fingerprint density at radius 3 is 2.94 bits per heavy atom. The van der Waals surface area contributed by atoms with E-state index in [-0.39, 0.29) is 41.0 Å². The molecule has 2 amide bonds. The monoisotopic (exact) mass is 444 g/mol. The summed E-state index contributed by atoms with van der Waals surface area (Å²) in [5.74, 6) is -0.523. The summed E-state index contributed by atoms with van der Waals surface area (Å²) < 4.78 is 21.9. The van der Waals surface area contributed by atoms with Gasteiger partial charge in [0.05, 0.1) is 0 Å². The first-order valence-electron chi connectivity index (χ1n) is 9.44. The number of pyridine rings is 1. The molecule has 1 aromatic carbocycles. The van der Waals surface area contributed by atoms with Crippen molar-refractivity contribution in [3.63, 3.8) is 0 Å². The molecule has 2 aromatic heterocycles. The number of aryl methyl sites for hydroxylation is 1. The normalized spacial score (nSPS) is 13.9. The van der Waals surface area contributed by atoms with Crippen molar-refractivity contribution in [1.29, 1.82) is 0 Å². The Hall–Kier alpha value is -3.53. The second-order valence-electron chi connectivity index (χ2n) is 6.97. The number of hydrogen-bond donors (Lipinski definition) is 2. The molecular formula is C20H18ClFN6O3. The summed E-state index contributed by atoms with van der Waals surface area (Å²) in [7, 11) is 1.56. The van der Waals surface area contributed by atoms with Crippen molar-refractivity contribution in [2.75, 3.05) is 10.6 Å². The Bertz CT molecular complexity index is 1180. The molecule has 0 fully saturated rings. The molecule has 3 aromatic rings. The minimum atomic E-state index is -0.787. The molecule has 4 rings (SSSR count). The van der Waals surface area contributed by atoms with E-state index < -0.39 is 18.0 Å². The fraction of sp³-hybridized carbons (Fsp3) is 0.250. The zero-order valence-electron chi connectivity index (χ0n) is 16.6. The maximum Gasteiger partial charge on any atom is 0.413 e. The largest absolute Gasteiger partial charge is 0.441 e. The summed E-state index contributed by atoms with van der Waals surface area (Å²) in [5.41, 5.74) is 1.66. The average Bonchev–Trinajstić information content (AvgIpc) is 3.08. The van der Waals surface area contributed by atoms with Gasteiger partial charge in [-0.2, -0.15) is 0 Å². The third kappa shape index (κ3) is 4.06. The Kier molecular flexibility index (Phi) is 5.55. The standard InChI is InChI=1S/C20H18ClFN6O3/c1-10(11-4-3-9-23-18(11)21)31-20(30)25-19-17(26-27-28(19)2)13-5-7-14-12(16(13)22)6-8-15(29)24-14/h3-5,7,9-10H,6,8H2,1-2H3,(H,24,29)(H,25,30)/t10-/m1/s1. The van der Waals surface area contributed by atoms with Gasteiger partial charge in [-0.3, -0.25) is 10.1 Å². The van der Waals surface area contributed by atoms with Crippen molar-refractivity contribution in [2.45, 2.75) is 25.9 Å². The number of nitrogens with one attached hydrogen (secondary N) is 2. The highest BCUT2D eigenvalue weighted by atomic mass is 35.5. The third-order valence-electron chi connectivity index (χ3n) is 4.93. The van der Waals surface area contributed by atoms with Crippen molar-refractivity contribution in [3.8, 4) is 11.3 Å². The van der Waals surface area contributed by atoms with Crippen molar-refractivity contribution in [3.05, 3.63) is 52.6 Å². The smallest absolute Gasteiger partial charge is 0.413 e. The highest BCUT2D eigenvalue weighted by Gasteiger charge is 2.25. The number of amides is 2. The lowest BCUT2D eigenvalue weighted by Gasteiger charge is -2.19. The summed E-state index contributed by atoms with van der Waals surface area (Å²) in [6, 6.07) is 6.47. The van der Waals surface area contributed by atoms with Crippen molar-refractivity contribution in [1.82, 2.24) is 20.0 Å². The maximum atomic E-state index is 15.2. The molecule has 0 radical (unpaired) electrons. The van der Waals surface area contributed by atoms with E-state index in [0.717, 1.165) is 0 Å². The van der Waals surface area contributed by atoms with E-state index in [1.807, 2.05) is 0 Å². The Morgan fingerprint density at radius 1 is 1.35 bits per heavy atom. The van der Waals surface area contributed by atoms with E-state index in [2.05, 4.69) is 25.9 Å². The van der Waals surface area contributed by atoms with Gasteiger partial charge >= 0.3 is 6.09 Å². The molecule has 0 saturated carbocycles. The highest BCUT2D eigenvalue weighted by Crippen LogP contribution is 2.35. The fourth-order valence-corrected chi connectivity index (χ4v) is 3.62. The first-order chi connectivity index (χ1) is 14.8. The second-order valence-corrected chi connectivity index (χ2v) is 7.33. The van der Waals surface area contributed by atoms with Gasteiger partial charge in [0, 0.05) is 42.0 Å². The average molecular weight is 445 g/mol. The van der Waals surface area contributed by atoms with Gasteiger partial charge < -0.3 is 10.1 Å². The van der Waals surface area contributed by atoms with Crippen LogP contribution >= 0.6 is 11.6 Å². The summed E-state index contributed by atoms with van der Waals surface area (Å²) in [5, 5.41) is 13.3. The molecule has 9 nitrogen and oxygen atoms in total. The van der Waals surface area contributed by atoms with Crippen LogP contribution in [0, 0.1) is 5.82 Å². The molecule has 0 unspecified atom stereocenters. The first-order valence-corrected chi connectivity index (χ1v) is 9.82. The van der Waals surface area contributed by atoms with Gasteiger partial charge in [0.15, 0.2) is 5.82 Å². The van der Waals surface area contributed by atoms with E-state index >= 15 is 4.39 Å². The number of fused-ring (bicyclic) bond motifs is 1. The van der Waals surface area contributed by atoms with E-state index in [4.69, 9.17) is 16.3 Å². The molecule has 0 saturated heterocycles. The molecule has 1 aliphatic heterocycles. The van der Waals surface area contributed by atoms with Crippen LogP contribution in [-0.2, 0) is 23.0 Å². The third-order valence-corrected chi connectivity index (χ3v) is 5.25. The van der Waals surface area contributed by atoms with Crippen LogP contribution in [-0.4, -0.2) is 32.0 Å². The number of halogens is 2. The lowest BCUT2D eigenvalue weighted by Crippen LogP contribution is -2.20. The number of carbonyl (C=O) groups excluding carboxylic acids is 2. The zero-order chi connectivity index (χ0) is 22.1. The van der Waals surface area contributed by atoms with Crippen LogP contribution in [0.3, 0.4) is 0 Å². The summed E-state index contributed by atoms with van der Waals surface area (Å²) in [6.07, 6.45) is 0.541. The highest BCUT2D eigenvalue weighted by molar-refractivity contribution is 6.30. The van der Waals surface area contributed by atoms with Crippen molar-refractivity contribution >= 4 is 35.1 Å².